The van der Waals surface area contributed by atoms with Crippen molar-refractivity contribution >= 4 is 3.21 Å². The summed E-state index contributed by atoms with van der Waals surface area (Å²) in [5.74, 6) is 0. The standard InChI is InChI=1S/C21H25.C13H10.C6H7.2ClH.Zr/c1-20(2,3)16-7-9-18-14(12-16)11-15-13-17(21(4,5)6)8-10-19(15)18;1-3-7-12(8-4-1)11-13-9-5-2-6-10-13;1-6-4-2-3-5-6;;;/h7-13H,1-6H3;1-10H;2,4H,3H2,1H3;2*1H;/q;;;;;+2/p-2. The third-order valence-corrected chi connectivity index (χ3v) is 17.7. The van der Waals surface area contributed by atoms with E-state index in [2.05, 4.69) is 158 Å². The van der Waals surface area contributed by atoms with E-state index in [1.165, 1.54) is 39.0 Å². The SMILES string of the molecule is CC1=[C]([Zr+2](=[C](c2ccccc2)c2ccccc2)[CH]2c3cc(C(C)(C)C)ccc3-c3ccc(C(C)(C)C)cc32)CC=C1.[Cl-].[Cl-]. The molecule has 4 aromatic rings. The van der Waals surface area contributed by atoms with E-state index in [9.17, 15) is 0 Å². The molecule has 0 N–H and O–H groups in total. The minimum Gasteiger partial charge on any atom is -1.00 e. The molecule has 0 saturated heterocycles. The van der Waals surface area contributed by atoms with Crippen LogP contribution in [0.5, 0.6) is 0 Å². The van der Waals surface area contributed by atoms with Gasteiger partial charge in [0, 0.05) is 0 Å². The van der Waals surface area contributed by atoms with Crippen molar-refractivity contribution in [3.8, 4) is 11.1 Å². The van der Waals surface area contributed by atoms with Crippen molar-refractivity contribution in [3.05, 3.63) is 151 Å². The first kappa shape index (κ1) is 33.6. The zero-order chi connectivity index (χ0) is 28.9. The van der Waals surface area contributed by atoms with Crippen molar-refractivity contribution in [1.82, 2.24) is 0 Å². The summed E-state index contributed by atoms with van der Waals surface area (Å²) >= 11 is -2.71. The minimum atomic E-state index is -2.71. The first-order chi connectivity index (χ1) is 19.5. The van der Waals surface area contributed by atoms with Gasteiger partial charge < -0.3 is 24.8 Å². The summed E-state index contributed by atoms with van der Waals surface area (Å²) in [6, 6.07) is 37.4. The summed E-state index contributed by atoms with van der Waals surface area (Å²) < 4.78 is 3.78. The molecule has 0 saturated carbocycles. The second-order valence-electron chi connectivity index (χ2n) is 13.8. The molecule has 0 amide bonds. The van der Waals surface area contributed by atoms with Gasteiger partial charge in [-0.1, -0.05) is 0 Å². The molecule has 43 heavy (non-hydrogen) atoms. The molecule has 0 heterocycles. The Labute approximate surface area is 279 Å². The Morgan fingerprint density at radius 2 is 1.07 bits per heavy atom. The normalized spacial score (nSPS) is 13.9. The summed E-state index contributed by atoms with van der Waals surface area (Å²) in [6.07, 6.45) is 5.88. The van der Waals surface area contributed by atoms with Gasteiger partial charge in [-0.2, -0.15) is 0 Å². The van der Waals surface area contributed by atoms with Gasteiger partial charge in [-0.15, -0.1) is 0 Å². The summed E-state index contributed by atoms with van der Waals surface area (Å²) in [6.45, 7) is 16.5. The maximum absolute atomic E-state index is 2.71. The predicted octanol–water partition coefficient (Wildman–Crippen LogP) is 4.48. The van der Waals surface area contributed by atoms with Crippen LogP contribution in [0.1, 0.15) is 91.9 Å². The van der Waals surface area contributed by atoms with Crippen LogP contribution < -0.4 is 24.8 Å². The molecule has 0 atom stereocenters. The van der Waals surface area contributed by atoms with Crippen molar-refractivity contribution in [2.24, 2.45) is 0 Å². The second-order valence-corrected chi connectivity index (χ2v) is 20.0. The van der Waals surface area contributed by atoms with Gasteiger partial charge in [-0.3, -0.25) is 0 Å². The number of hydrogen-bond acceptors (Lipinski definition) is 0. The maximum atomic E-state index is 2.59. The number of hydrogen-bond donors (Lipinski definition) is 0. The number of benzene rings is 4. The van der Waals surface area contributed by atoms with Crippen molar-refractivity contribution in [1.29, 1.82) is 0 Å². The number of fused-ring (bicyclic) bond motifs is 3. The molecule has 2 aliphatic carbocycles. The van der Waals surface area contributed by atoms with E-state index >= 15 is 0 Å². The van der Waals surface area contributed by atoms with Crippen LogP contribution in [0.3, 0.4) is 0 Å². The van der Waals surface area contributed by atoms with Crippen LogP contribution in [0.4, 0.5) is 0 Å². The van der Waals surface area contributed by atoms with Crippen LogP contribution in [0.2, 0.25) is 0 Å². The van der Waals surface area contributed by atoms with Gasteiger partial charge in [0.2, 0.25) is 0 Å². The fraction of sp³-hybridized carbons (Fsp3) is 0.275. The molecule has 220 valence electrons. The first-order valence-electron chi connectivity index (χ1n) is 15.0. The van der Waals surface area contributed by atoms with E-state index in [4.69, 9.17) is 0 Å². The molecule has 0 nitrogen and oxygen atoms in total. The summed E-state index contributed by atoms with van der Waals surface area (Å²) in [5.41, 5.74) is 13.4. The van der Waals surface area contributed by atoms with Crippen LogP contribution >= 0.6 is 0 Å². The monoisotopic (exact) mass is 682 g/mol. The van der Waals surface area contributed by atoms with Crippen LogP contribution in [-0.4, -0.2) is 3.21 Å². The zero-order valence-corrected chi connectivity index (χ0v) is 30.4. The molecular formula is C40H42Cl2Zr. The molecule has 0 unspecified atom stereocenters. The Morgan fingerprint density at radius 3 is 1.44 bits per heavy atom. The fourth-order valence-electron chi connectivity index (χ4n) is 6.60. The van der Waals surface area contributed by atoms with Crippen molar-refractivity contribution in [3.63, 3.8) is 0 Å². The van der Waals surface area contributed by atoms with E-state index in [0.717, 1.165) is 6.42 Å². The average molecular weight is 685 g/mol. The van der Waals surface area contributed by atoms with E-state index < -0.39 is 21.3 Å². The van der Waals surface area contributed by atoms with Crippen molar-refractivity contribution in [2.45, 2.75) is 69.3 Å². The Hall–Kier alpha value is -2.31. The van der Waals surface area contributed by atoms with Crippen molar-refractivity contribution < 1.29 is 46.1 Å². The van der Waals surface area contributed by atoms with E-state index in [1.54, 1.807) is 17.6 Å². The smallest absolute Gasteiger partial charge is 1.00 e. The number of allylic oxidation sites excluding steroid dienone is 4. The molecule has 0 aromatic heterocycles. The van der Waals surface area contributed by atoms with Gasteiger partial charge in [0.25, 0.3) is 0 Å². The summed E-state index contributed by atoms with van der Waals surface area (Å²) in [5, 5.41) is 0. The molecule has 2 aliphatic rings. The molecule has 4 aromatic carbocycles. The average Bonchev–Trinajstić information content (AvgIpc) is 3.51. The second kappa shape index (κ2) is 13.0. The van der Waals surface area contributed by atoms with Crippen molar-refractivity contribution in [2.75, 3.05) is 0 Å². The molecule has 0 aliphatic heterocycles. The van der Waals surface area contributed by atoms with Gasteiger partial charge in [0.1, 0.15) is 0 Å². The third-order valence-electron chi connectivity index (χ3n) is 8.92. The Morgan fingerprint density at radius 1 is 0.628 bits per heavy atom. The third kappa shape index (κ3) is 6.42. The first-order valence-corrected chi connectivity index (χ1v) is 18.9. The van der Waals surface area contributed by atoms with Crippen LogP contribution in [0, 0.1) is 0 Å². The summed E-state index contributed by atoms with van der Waals surface area (Å²) in [4.78, 5) is 0. The fourth-order valence-corrected chi connectivity index (χ4v) is 16.0. The van der Waals surface area contributed by atoms with Crippen LogP contribution in [0.15, 0.2) is 118 Å². The minimum absolute atomic E-state index is 0. The van der Waals surface area contributed by atoms with Gasteiger partial charge in [-0.05, 0) is 0 Å². The Kier molecular flexibility index (Phi) is 10.1. The quantitative estimate of drug-likeness (QED) is 0.298. The van der Waals surface area contributed by atoms with Gasteiger partial charge >= 0.3 is 256 Å². The van der Waals surface area contributed by atoms with Crippen LogP contribution in [0.25, 0.3) is 11.1 Å². The maximum Gasteiger partial charge on any atom is -1.00 e. The molecule has 0 radical (unpaired) electrons. The zero-order valence-electron chi connectivity index (χ0n) is 26.4. The molecule has 0 bridgehead atoms. The van der Waals surface area contributed by atoms with Crippen LogP contribution in [-0.2, 0) is 32.1 Å². The van der Waals surface area contributed by atoms with Gasteiger partial charge in [-0.25, -0.2) is 0 Å². The van der Waals surface area contributed by atoms with Gasteiger partial charge in [0.15, 0.2) is 0 Å². The molecule has 0 fully saturated rings. The van der Waals surface area contributed by atoms with E-state index in [1.807, 2.05) is 0 Å². The number of halogens is 2. The Balaban J connectivity index is 0.00000212. The van der Waals surface area contributed by atoms with Gasteiger partial charge in [0.05, 0.1) is 0 Å². The van der Waals surface area contributed by atoms with E-state index in [0.29, 0.717) is 3.63 Å². The summed E-state index contributed by atoms with van der Waals surface area (Å²) in [7, 11) is 0. The predicted molar refractivity (Wildman–Crippen MR) is 174 cm³/mol. The molecule has 0 spiro atoms. The Bertz CT molecular complexity index is 1610. The molecular weight excluding hydrogens is 643 g/mol. The van der Waals surface area contributed by atoms with E-state index in [-0.39, 0.29) is 35.6 Å². The number of rotatable bonds is 4. The largest absolute Gasteiger partial charge is 1.00 e. The molecule has 3 heteroatoms. The topological polar surface area (TPSA) is 0 Å². The molecule has 6 rings (SSSR count).